The summed E-state index contributed by atoms with van der Waals surface area (Å²) in [4.78, 5) is 11.3. The van der Waals surface area contributed by atoms with Crippen molar-refractivity contribution in [2.45, 2.75) is 27.2 Å². The SMILES string of the molecule is CCC(=O)/C(O)=C(C)\C=C(/C)c1ccc(O)cc1. The summed E-state index contributed by atoms with van der Waals surface area (Å²) in [5.74, 6) is -0.235. The minimum Gasteiger partial charge on any atom is -0.508 e. The van der Waals surface area contributed by atoms with Crippen LogP contribution in [0.25, 0.3) is 5.57 Å². The molecule has 1 aromatic carbocycles. The topological polar surface area (TPSA) is 57.5 Å². The summed E-state index contributed by atoms with van der Waals surface area (Å²) in [6.45, 7) is 5.30. The van der Waals surface area contributed by atoms with Gasteiger partial charge in [-0.25, -0.2) is 0 Å². The number of allylic oxidation sites excluding steroid dienone is 4. The molecule has 3 heteroatoms. The molecule has 3 nitrogen and oxygen atoms in total. The highest BCUT2D eigenvalue weighted by molar-refractivity contribution is 5.94. The third kappa shape index (κ3) is 3.48. The lowest BCUT2D eigenvalue weighted by atomic mass is 10.0. The molecular formula is C15H18O3. The number of carbonyl (C=O) groups excluding carboxylic acids is 1. The van der Waals surface area contributed by atoms with Crippen LogP contribution in [0.15, 0.2) is 41.7 Å². The molecule has 0 unspecified atom stereocenters. The molecule has 0 fully saturated rings. The fourth-order valence-electron chi connectivity index (χ4n) is 1.59. The average Bonchev–Trinajstić information content (AvgIpc) is 2.37. The minimum absolute atomic E-state index is 0.185. The van der Waals surface area contributed by atoms with Crippen molar-refractivity contribution in [3.63, 3.8) is 0 Å². The number of benzene rings is 1. The van der Waals surface area contributed by atoms with Gasteiger partial charge in [0, 0.05) is 6.42 Å². The molecule has 0 aromatic heterocycles. The number of aromatic hydroxyl groups is 1. The number of carbonyl (C=O) groups is 1. The van der Waals surface area contributed by atoms with Crippen molar-refractivity contribution < 1.29 is 15.0 Å². The predicted octanol–water partition coefficient (Wildman–Crippen LogP) is 3.61. The highest BCUT2D eigenvalue weighted by atomic mass is 16.3. The number of phenols is 1. The Hall–Kier alpha value is -2.03. The van der Waals surface area contributed by atoms with E-state index in [0.29, 0.717) is 5.57 Å². The lowest BCUT2D eigenvalue weighted by Crippen LogP contribution is -2.01. The lowest BCUT2D eigenvalue weighted by Gasteiger charge is -2.04. The Morgan fingerprint density at radius 2 is 1.78 bits per heavy atom. The molecule has 0 radical (unpaired) electrons. The fraction of sp³-hybridized carbons (Fsp3) is 0.267. The summed E-state index contributed by atoms with van der Waals surface area (Å²) in [5, 5.41) is 18.9. The Morgan fingerprint density at radius 1 is 1.22 bits per heavy atom. The van der Waals surface area contributed by atoms with Crippen LogP contribution in [0.4, 0.5) is 0 Å². The third-order valence-corrected chi connectivity index (χ3v) is 2.71. The van der Waals surface area contributed by atoms with Gasteiger partial charge in [0.25, 0.3) is 0 Å². The number of phenolic OH excluding ortho intramolecular Hbond substituents is 1. The van der Waals surface area contributed by atoms with Gasteiger partial charge in [-0.3, -0.25) is 4.79 Å². The number of aliphatic hydroxyl groups excluding tert-OH is 1. The molecule has 0 heterocycles. The molecule has 1 rings (SSSR count). The molecule has 1 aromatic rings. The van der Waals surface area contributed by atoms with E-state index in [1.807, 2.05) is 6.92 Å². The molecule has 0 aliphatic heterocycles. The Labute approximate surface area is 107 Å². The van der Waals surface area contributed by atoms with Gasteiger partial charge < -0.3 is 10.2 Å². The van der Waals surface area contributed by atoms with Crippen LogP contribution in [-0.4, -0.2) is 16.0 Å². The predicted molar refractivity (Wildman–Crippen MR) is 72.4 cm³/mol. The molecule has 0 spiro atoms. The first-order valence-electron chi connectivity index (χ1n) is 5.86. The second-order valence-electron chi connectivity index (χ2n) is 4.18. The molecule has 18 heavy (non-hydrogen) atoms. The van der Waals surface area contributed by atoms with Crippen molar-refractivity contribution in [3.05, 3.63) is 47.2 Å². The standard InChI is InChI=1S/C15H18O3/c1-4-14(17)15(18)11(3)9-10(2)12-5-7-13(16)8-6-12/h5-9,16,18H,4H2,1-3H3/b10-9+,15-11+. The van der Waals surface area contributed by atoms with E-state index >= 15 is 0 Å². The first-order chi connectivity index (χ1) is 8.45. The number of hydrogen-bond donors (Lipinski definition) is 2. The first kappa shape index (κ1) is 14.0. The van der Waals surface area contributed by atoms with E-state index in [0.717, 1.165) is 11.1 Å². The van der Waals surface area contributed by atoms with Crippen LogP contribution in [0.2, 0.25) is 0 Å². The normalized spacial score (nSPS) is 13.2. The summed E-state index contributed by atoms with van der Waals surface area (Å²) in [7, 11) is 0. The van der Waals surface area contributed by atoms with E-state index in [4.69, 9.17) is 0 Å². The minimum atomic E-state index is -0.262. The van der Waals surface area contributed by atoms with Crippen molar-refractivity contribution in [1.82, 2.24) is 0 Å². The molecule has 96 valence electrons. The Morgan fingerprint density at radius 3 is 2.28 bits per heavy atom. The second kappa shape index (κ2) is 6.05. The second-order valence-corrected chi connectivity index (χ2v) is 4.18. The summed E-state index contributed by atoms with van der Waals surface area (Å²) < 4.78 is 0. The maximum atomic E-state index is 11.3. The molecule has 0 aliphatic rings. The van der Waals surface area contributed by atoms with E-state index < -0.39 is 0 Å². The first-order valence-corrected chi connectivity index (χ1v) is 5.86. The summed E-state index contributed by atoms with van der Waals surface area (Å²) in [6, 6.07) is 6.77. The summed E-state index contributed by atoms with van der Waals surface area (Å²) in [6.07, 6.45) is 2.05. The number of Topliss-reactive ketones (excluding diaryl/α,β-unsaturated/α-hetero) is 1. The lowest BCUT2D eigenvalue weighted by molar-refractivity contribution is -0.117. The maximum absolute atomic E-state index is 11.3. The van der Waals surface area contributed by atoms with Crippen molar-refractivity contribution in [1.29, 1.82) is 0 Å². The van der Waals surface area contributed by atoms with Crippen LogP contribution in [0.3, 0.4) is 0 Å². The molecule has 2 N–H and O–H groups in total. The van der Waals surface area contributed by atoms with Crippen LogP contribution < -0.4 is 0 Å². The zero-order chi connectivity index (χ0) is 13.7. The van der Waals surface area contributed by atoms with Crippen LogP contribution in [0.1, 0.15) is 32.8 Å². The fourth-order valence-corrected chi connectivity index (χ4v) is 1.59. The summed E-state index contributed by atoms with van der Waals surface area (Å²) in [5.41, 5.74) is 2.40. The number of rotatable bonds is 4. The molecule has 0 aliphatic carbocycles. The van der Waals surface area contributed by atoms with Gasteiger partial charge in [-0.2, -0.15) is 0 Å². The quantitative estimate of drug-likeness (QED) is 0.484. The zero-order valence-corrected chi connectivity index (χ0v) is 10.9. The molecule has 0 saturated heterocycles. The van der Waals surface area contributed by atoms with Crippen molar-refractivity contribution in [3.8, 4) is 5.75 Å². The van der Waals surface area contributed by atoms with Crippen LogP contribution in [0, 0.1) is 0 Å². The van der Waals surface area contributed by atoms with Gasteiger partial charge >= 0.3 is 0 Å². The monoisotopic (exact) mass is 246 g/mol. The molecule has 0 atom stereocenters. The number of hydrogen-bond acceptors (Lipinski definition) is 3. The van der Waals surface area contributed by atoms with E-state index in [1.54, 1.807) is 44.2 Å². The van der Waals surface area contributed by atoms with Crippen molar-refractivity contribution in [2.24, 2.45) is 0 Å². The molecular weight excluding hydrogens is 228 g/mol. The van der Waals surface area contributed by atoms with Gasteiger partial charge in [0.2, 0.25) is 0 Å². The molecule has 0 amide bonds. The molecule has 0 bridgehead atoms. The van der Waals surface area contributed by atoms with Gasteiger partial charge in [-0.15, -0.1) is 0 Å². The van der Waals surface area contributed by atoms with E-state index in [-0.39, 0.29) is 23.7 Å². The average molecular weight is 246 g/mol. The zero-order valence-electron chi connectivity index (χ0n) is 10.9. The van der Waals surface area contributed by atoms with Gasteiger partial charge in [-0.05, 0) is 42.7 Å². The van der Waals surface area contributed by atoms with Gasteiger partial charge in [0.15, 0.2) is 11.5 Å². The summed E-state index contributed by atoms with van der Waals surface area (Å²) >= 11 is 0. The van der Waals surface area contributed by atoms with E-state index in [2.05, 4.69) is 0 Å². The number of ketones is 1. The van der Waals surface area contributed by atoms with E-state index in [9.17, 15) is 15.0 Å². The van der Waals surface area contributed by atoms with Gasteiger partial charge in [0.1, 0.15) is 5.75 Å². The van der Waals surface area contributed by atoms with E-state index in [1.165, 1.54) is 0 Å². The third-order valence-electron chi connectivity index (χ3n) is 2.71. The highest BCUT2D eigenvalue weighted by Crippen LogP contribution is 2.19. The Kier molecular flexibility index (Phi) is 4.72. The van der Waals surface area contributed by atoms with Gasteiger partial charge in [-0.1, -0.05) is 25.1 Å². The largest absolute Gasteiger partial charge is 0.508 e. The Bertz CT molecular complexity index is 493. The van der Waals surface area contributed by atoms with Crippen LogP contribution >= 0.6 is 0 Å². The Balaban J connectivity index is 3.02. The van der Waals surface area contributed by atoms with Crippen LogP contribution in [-0.2, 0) is 4.79 Å². The molecule has 0 saturated carbocycles. The highest BCUT2D eigenvalue weighted by Gasteiger charge is 2.07. The van der Waals surface area contributed by atoms with Crippen molar-refractivity contribution >= 4 is 11.4 Å². The maximum Gasteiger partial charge on any atom is 0.197 e. The van der Waals surface area contributed by atoms with Crippen molar-refractivity contribution in [2.75, 3.05) is 0 Å². The smallest absolute Gasteiger partial charge is 0.197 e. The van der Waals surface area contributed by atoms with Gasteiger partial charge in [0.05, 0.1) is 0 Å². The number of aliphatic hydroxyl groups is 1. The van der Waals surface area contributed by atoms with Crippen LogP contribution in [0.5, 0.6) is 5.75 Å².